The molecular weight excluding hydrogens is 593 g/mol. The lowest BCUT2D eigenvalue weighted by molar-refractivity contribution is 0.314. The minimum absolute atomic E-state index is 0.0731. The topological polar surface area (TPSA) is 9.23 Å². The zero-order chi connectivity index (χ0) is 34.1. The maximum atomic E-state index is 6.62. The second kappa shape index (κ2) is 15.9. The van der Waals surface area contributed by atoms with Crippen LogP contribution in [0, 0.1) is 0 Å². The van der Waals surface area contributed by atoms with Crippen molar-refractivity contribution < 1.29 is 4.74 Å². The van der Waals surface area contributed by atoms with E-state index >= 15 is 0 Å². The molecule has 4 aromatic carbocycles. The van der Waals surface area contributed by atoms with E-state index in [2.05, 4.69) is 173 Å². The standard InChI is InChI=1S/C48H54O/c1-5-13-39-19-23-43(24-20-39)47(35-37(3)41-15-9-7-10-16-41)31-27-45(28-32-47)49-46-29-33-48(34-30-46,36-38(4)42-17-11-8-12-18-42)44-25-21-40(14-6-2)22-26-44/h7-12,15-31,33,37-38H,5-6,13-14,32,34-36H2,1-4H3/t37-,38-,47?,48?/m0/s1. The van der Waals surface area contributed by atoms with E-state index in [1.54, 1.807) is 0 Å². The molecule has 0 bridgehead atoms. The van der Waals surface area contributed by atoms with E-state index in [1.165, 1.54) is 46.2 Å². The van der Waals surface area contributed by atoms with Gasteiger partial charge in [0, 0.05) is 10.8 Å². The second-order valence-electron chi connectivity index (χ2n) is 14.6. The fourth-order valence-corrected chi connectivity index (χ4v) is 8.05. The molecule has 6 rings (SSSR count). The minimum atomic E-state index is -0.0731. The van der Waals surface area contributed by atoms with Crippen molar-refractivity contribution in [2.24, 2.45) is 0 Å². The molecule has 2 unspecified atom stereocenters. The third kappa shape index (κ3) is 8.27. The first-order chi connectivity index (χ1) is 23.9. The lowest BCUT2D eigenvalue weighted by atomic mass is 9.68. The molecule has 0 N–H and O–H groups in total. The Morgan fingerprint density at radius 3 is 1.24 bits per heavy atom. The Hall–Kier alpha value is -4.36. The quantitative estimate of drug-likeness (QED) is 0.132. The monoisotopic (exact) mass is 646 g/mol. The minimum Gasteiger partial charge on any atom is -0.458 e. The van der Waals surface area contributed by atoms with Gasteiger partial charge in [-0.15, -0.1) is 0 Å². The summed E-state index contributed by atoms with van der Waals surface area (Å²) in [6.07, 6.45) is 22.5. The van der Waals surface area contributed by atoms with Gasteiger partial charge in [0.2, 0.25) is 0 Å². The van der Waals surface area contributed by atoms with Crippen molar-refractivity contribution in [2.75, 3.05) is 0 Å². The summed E-state index contributed by atoms with van der Waals surface area (Å²) in [5.41, 5.74) is 8.25. The van der Waals surface area contributed by atoms with Crippen LogP contribution >= 0.6 is 0 Å². The Morgan fingerprint density at radius 2 is 0.918 bits per heavy atom. The Kier molecular flexibility index (Phi) is 11.2. The third-order valence-electron chi connectivity index (χ3n) is 10.9. The molecule has 0 saturated heterocycles. The highest BCUT2D eigenvalue weighted by Crippen LogP contribution is 2.45. The molecule has 2 aliphatic rings. The Bertz CT molecular complexity index is 1620. The Balaban J connectivity index is 1.21. The number of benzene rings is 4. The maximum Gasteiger partial charge on any atom is 0.123 e. The molecule has 0 heterocycles. The van der Waals surface area contributed by atoms with Crippen molar-refractivity contribution >= 4 is 0 Å². The van der Waals surface area contributed by atoms with Gasteiger partial charge in [-0.3, -0.25) is 0 Å². The molecule has 1 heteroatoms. The van der Waals surface area contributed by atoms with Gasteiger partial charge in [0.25, 0.3) is 0 Å². The van der Waals surface area contributed by atoms with E-state index in [0.29, 0.717) is 11.8 Å². The summed E-state index contributed by atoms with van der Waals surface area (Å²) in [5.74, 6) is 2.75. The van der Waals surface area contributed by atoms with Gasteiger partial charge >= 0.3 is 0 Å². The molecule has 4 aromatic rings. The highest BCUT2D eigenvalue weighted by molar-refractivity contribution is 5.43. The molecule has 4 atom stereocenters. The zero-order valence-corrected chi connectivity index (χ0v) is 30.1. The fraction of sp³-hybridized carbons (Fsp3) is 0.333. The van der Waals surface area contributed by atoms with Gasteiger partial charge in [-0.2, -0.15) is 0 Å². The SMILES string of the molecule is CCCc1ccc(C2(C[C@H](C)c3ccccc3)C=CC(OC3=CCC(C[C@H](C)c4ccccc4)(c4ccc(CCC)cc4)C=C3)=CC2)cc1. The fourth-order valence-electron chi connectivity index (χ4n) is 8.05. The maximum absolute atomic E-state index is 6.62. The van der Waals surface area contributed by atoms with Crippen LogP contribution in [0.15, 0.2) is 157 Å². The third-order valence-corrected chi connectivity index (χ3v) is 10.9. The summed E-state index contributed by atoms with van der Waals surface area (Å²) in [7, 11) is 0. The van der Waals surface area contributed by atoms with Gasteiger partial charge in [0.15, 0.2) is 0 Å². The number of allylic oxidation sites excluding steroid dienone is 6. The van der Waals surface area contributed by atoms with E-state index in [0.717, 1.165) is 50.0 Å². The van der Waals surface area contributed by atoms with Gasteiger partial charge in [-0.1, -0.05) is 162 Å². The molecule has 0 spiro atoms. The number of aryl methyl sites for hydroxylation is 2. The van der Waals surface area contributed by atoms with Crippen LogP contribution < -0.4 is 0 Å². The average molecular weight is 647 g/mol. The lowest BCUT2D eigenvalue weighted by Crippen LogP contribution is -2.28. The first-order valence-electron chi connectivity index (χ1n) is 18.7. The smallest absolute Gasteiger partial charge is 0.123 e. The summed E-state index contributed by atoms with van der Waals surface area (Å²) >= 11 is 0. The van der Waals surface area contributed by atoms with E-state index in [-0.39, 0.29) is 10.8 Å². The Labute approximate surface area is 296 Å². The number of hydrogen-bond donors (Lipinski definition) is 0. The molecule has 49 heavy (non-hydrogen) atoms. The molecule has 0 amide bonds. The largest absolute Gasteiger partial charge is 0.458 e. The highest BCUT2D eigenvalue weighted by Gasteiger charge is 2.35. The normalized spacial score (nSPS) is 21.5. The van der Waals surface area contributed by atoms with Crippen LogP contribution in [0.2, 0.25) is 0 Å². The van der Waals surface area contributed by atoms with E-state index in [1.807, 2.05) is 0 Å². The van der Waals surface area contributed by atoms with Crippen LogP contribution in [0.5, 0.6) is 0 Å². The molecule has 0 radical (unpaired) electrons. The van der Waals surface area contributed by atoms with E-state index < -0.39 is 0 Å². The molecular formula is C48H54O. The highest BCUT2D eigenvalue weighted by atomic mass is 16.5. The molecule has 2 aliphatic carbocycles. The van der Waals surface area contributed by atoms with Crippen LogP contribution in [0.4, 0.5) is 0 Å². The van der Waals surface area contributed by atoms with Gasteiger partial charge in [0.1, 0.15) is 11.5 Å². The number of ether oxygens (including phenoxy) is 1. The van der Waals surface area contributed by atoms with Crippen molar-refractivity contribution in [3.05, 3.63) is 191 Å². The average Bonchev–Trinajstić information content (AvgIpc) is 3.15. The van der Waals surface area contributed by atoms with Crippen molar-refractivity contribution in [3.63, 3.8) is 0 Å². The number of hydrogen-bond acceptors (Lipinski definition) is 1. The van der Waals surface area contributed by atoms with Crippen molar-refractivity contribution in [1.29, 1.82) is 0 Å². The second-order valence-corrected chi connectivity index (χ2v) is 14.6. The molecule has 1 nitrogen and oxygen atoms in total. The summed E-state index contributed by atoms with van der Waals surface area (Å²) < 4.78 is 6.62. The number of rotatable bonds is 14. The first-order valence-corrected chi connectivity index (χ1v) is 18.7. The van der Waals surface area contributed by atoms with E-state index in [4.69, 9.17) is 4.74 Å². The first kappa shape index (κ1) is 34.5. The van der Waals surface area contributed by atoms with Gasteiger partial charge < -0.3 is 4.74 Å². The summed E-state index contributed by atoms with van der Waals surface area (Å²) in [4.78, 5) is 0. The van der Waals surface area contributed by atoms with Crippen LogP contribution in [-0.2, 0) is 28.4 Å². The summed E-state index contributed by atoms with van der Waals surface area (Å²) in [5, 5.41) is 0. The van der Waals surface area contributed by atoms with Crippen molar-refractivity contribution in [2.45, 2.75) is 102 Å². The molecule has 0 saturated carbocycles. The van der Waals surface area contributed by atoms with Crippen LogP contribution in [-0.4, -0.2) is 0 Å². The molecule has 252 valence electrons. The van der Waals surface area contributed by atoms with Crippen molar-refractivity contribution in [1.82, 2.24) is 0 Å². The summed E-state index contributed by atoms with van der Waals surface area (Å²) in [6, 6.07) is 40.7. The van der Waals surface area contributed by atoms with Crippen LogP contribution in [0.3, 0.4) is 0 Å². The predicted octanol–water partition coefficient (Wildman–Crippen LogP) is 12.9. The van der Waals surface area contributed by atoms with Gasteiger partial charge in [-0.25, -0.2) is 0 Å². The van der Waals surface area contributed by atoms with Crippen LogP contribution in [0.25, 0.3) is 0 Å². The summed E-state index contributed by atoms with van der Waals surface area (Å²) in [6.45, 7) is 9.23. The van der Waals surface area contributed by atoms with Gasteiger partial charge in [-0.05, 0) is 108 Å². The zero-order valence-electron chi connectivity index (χ0n) is 30.1. The Morgan fingerprint density at radius 1 is 0.531 bits per heavy atom. The van der Waals surface area contributed by atoms with Crippen molar-refractivity contribution in [3.8, 4) is 0 Å². The lowest BCUT2D eigenvalue weighted by Gasteiger charge is -2.37. The predicted molar refractivity (Wildman–Crippen MR) is 208 cm³/mol. The van der Waals surface area contributed by atoms with Crippen LogP contribution in [0.1, 0.15) is 111 Å². The van der Waals surface area contributed by atoms with E-state index in [9.17, 15) is 0 Å². The van der Waals surface area contributed by atoms with Gasteiger partial charge in [0.05, 0.1) is 0 Å². The molecule has 0 fully saturated rings. The molecule has 0 aliphatic heterocycles. The molecule has 0 aromatic heterocycles.